The number of hydrogen-bond donors (Lipinski definition) is 1. The van der Waals surface area contributed by atoms with Crippen LogP contribution in [0.15, 0.2) is 0 Å². The minimum atomic E-state index is -0.208. The maximum atomic E-state index is 9.03. The van der Waals surface area contributed by atoms with Gasteiger partial charge >= 0.3 is 0 Å². The van der Waals surface area contributed by atoms with Gasteiger partial charge in [-0.25, -0.2) is 4.90 Å². The molecule has 0 radical (unpaired) electrons. The van der Waals surface area contributed by atoms with Crippen molar-refractivity contribution < 1.29 is 14.6 Å². The minimum Gasteiger partial charge on any atom is -0.394 e. The molecule has 2 aliphatic heterocycles. The van der Waals surface area contributed by atoms with Crippen molar-refractivity contribution in [1.29, 1.82) is 0 Å². The molecule has 1 N–H and O–H groups in total. The summed E-state index contributed by atoms with van der Waals surface area (Å²) < 4.78 is 10.4. The van der Waals surface area contributed by atoms with E-state index in [1.165, 1.54) is 0 Å². The topological polar surface area (TPSA) is 41.9 Å². The van der Waals surface area contributed by atoms with Crippen molar-refractivity contribution in [2.45, 2.75) is 5.54 Å². The Hall–Kier alpha value is -0.160. The maximum absolute atomic E-state index is 9.03. The van der Waals surface area contributed by atoms with Crippen LogP contribution in [0.2, 0.25) is 0 Å². The van der Waals surface area contributed by atoms with E-state index in [-0.39, 0.29) is 12.1 Å². The number of aliphatic hydroxyl groups is 1. The fourth-order valence-corrected chi connectivity index (χ4v) is 1.42. The number of ether oxygens (including phenoxy) is 2. The molecule has 0 bridgehead atoms. The molecule has 4 heteroatoms. The second kappa shape index (κ2) is 2.17. The zero-order valence-electron chi connectivity index (χ0n) is 5.75. The number of nitrogens with zero attached hydrogens (tertiary/aromatic N) is 1. The molecule has 0 atom stereocenters. The Labute approximate surface area is 59.3 Å². The van der Waals surface area contributed by atoms with E-state index in [0.717, 1.165) is 0 Å². The lowest BCUT2D eigenvalue weighted by molar-refractivity contribution is 0.0693. The molecule has 58 valence electrons. The van der Waals surface area contributed by atoms with Crippen LogP contribution in [0.3, 0.4) is 0 Å². The van der Waals surface area contributed by atoms with Gasteiger partial charge < -0.3 is 14.6 Å². The standard InChI is InChI=1S/C6H11NO3/c8-1-6-2-9-4-7(6)5-10-3-6/h8H,1-5H2. The van der Waals surface area contributed by atoms with E-state index in [4.69, 9.17) is 14.6 Å². The SMILES string of the molecule is OCC12COCN1COC2. The van der Waals surface area contributed by atoms with Gasteiger partial charge in [-0.3, -0.25) is 0 Å². The zero-order chi connectivity index (χ0) is 7.03. The van der Waals surface area contributed by atoms with E-state index in [9.17, 15) is 0 Å². The third kappa shape index (κ3) is 0.703. The molecule has 2 rings (SSSR count). The highest BCUT2D eigenvalue weighted by Gasteiger charge is 2.46. The molecule has 2 heterocycles. The summed E-state index contributed by atoms with van der Waals surface area (Å²) in [4.78, 5) is 2.02. The fraction of sp³-hybridized carbons (Fsp3) is 1.00. The van der Waals surface area contributed by atoms with Crippen molar-refractivity contribution in [3.05, 3.63) is 0 Å². The minimum absolute atomic E-state index is 0.132. The van der Waals surface area contributed by atoms with Crippen molar-refractivity contribution in [3.8, 4) is 0 Å². The van der Waals surface area contributed by atoms with Crippen LogP contribution in [0.5, 0.6) is 0 Å². The number of aliphatic hydroxyl groups excluding tert-OH is 1. The van der Waals surface area contributed by atoms with Crippen molar-refractivity contribution in [2.24, 2.45) is 0 Å². The molecule has 10 heavy (non-hydrogen) atoms. The van der Waals surface area contributed by atoms with Crippen LogP contribution in [0, 0.1) is 0 Å². The molecule has 2 saturated heterocycles. The van der Waals surface area contributed by atoms with Crippen LogP contribution in [0.25, 0.3) is 0 Å². The molecule has 0 aromatic carbocycles. The first-order chi connectivity index (χ1) is 4.87. The molecule has 0 spiro atoms. The van der Waals surface area contributed by atoms with Gasteiger partial charge in [-0.2, -0.15) is 0 Å². The number of fused-ring (bicyclic) bond motifs is 1. The summed E-state index contributed by atoms with van der Waals surface area (Å²) in [6.07, 6.45) is 0. The van der Waals surface area contributed by atoms with E-state index in [2.05, 4.69) is 0 Å². The molecule has 2 fully saturated rings. The molecule has 0 aromatic heterocycles. The number of rotatable bonds is 1. The Balaban J connectivity index is 2.15. The first-order valence-corrected chi connectivity index (χ1v) is 3.39. The molecule has 0 saturated carbocycles. The molecular weight excluding hydrogens is 134 g/mol. The summed E-state index contributed by atoms with van der Waals surface area (Å²) in [5.74, 6) is 0. The van der Waals surface area contributed by atoms with Gasteiger partial charge in [0.1, 0.15) is 13.5 Å². The zero-order valence-corrected chi connectivity index (χ0v) is 5.75. The Kier molecular flexibility index (Phi) is 1.42. The molecule has 0 aliphatic carbocycles. The molecule has 0 unspecified atom stereocenters. The Morgan fingerprint density at radius 3 is 2.30 bits per heavy atom. The highest BCUT2D eigenvalue weighted by Crippen LogP contribution is 2.27. The van der Waals surface area contributed by atoms with Gasteiger partial charge in [0, 0.05) is 0 Å². The Morgan fingerprint density at radius 2 is 1.90 bits per heavy atom. The third-order valence-electron chi connectivity index (χ3n) is 2.20. The lowest BCUT2D eigenvalue weighted by atomic mass is 10.0. The highest BCUT2D eigenvalue weighted by molar-refractivity contribution is 4.94. The van der Waals surface area contributed by atoms with Crippen molar-refractivity contribution in [1.82, 2.24) is 4.90 Å². The van der Waals surface area contributed by atoms with Crippen molar-refractivity contribution >= 4 is 0 Å². The second-order valence-electron chi connectivity index (χ2n) is 2.88. The molecule has 0 amide bonds. The first kappa shape index (κ1) is 6.54. The highest BCUT2D eigenvalue weighted by atomic mass is 16.6. The quantitative estimate of drug-likeness (QED) is 0.513. The first-order valence-electron chi connectivity index (χ1n) is 3.39. The summed E-state index contributed by atoms with van der Waals surface area (Å²) in [6.45, 7) is 2.53. The summed E-state index contributed by atoms with van der Waals surface area (Å²) >= 11 is 0. The summed E-state index contributed by atoms with van der Waals surface area (Å²) in [6, 6.07) is 0. The van der Waals surface area contributed by atoms with E-state index in [1.54, 1.807) is 0 Å². The van der Waals surface area contributed by atoms with E-state index in [0.29, 0.717) is 26.7 Å². The summed E-state index contributed by atoms with van der Waals surface area (Å²) in [5.41, 5.74) is -0.208. The van der Waals surface area contributed by atoms with Crippen molar-refractivity contribution in [2.75, 3.05) is 33.3 Å². The van der Waals surface area contributed by atoms with Gasteiger partial charge in [0.15, 0.2) is 0 Å². The van der Waals surface area contributed by atoms with Gasteiger partial charge in [0.05, 0.1) is 25.4 Å². The van der Waals surface area contributed by atoms with E-state index >= 15 is 0 Å². The van der Waals surface area contributed by atoms with Gasteiger partial charge in [0.25, 0.3) is 0 Å². The maximum Gasteiger partial charge on any atom is 0.102 e. The molecule has 2 aliphatic rings. The Bertz CT molecular complexity index is 129. The smallest absolute Gasteiger partial charge is 0.102 e. The fourth-order valence-electron chi connectivity index (χ4n) is 1.42. The van der Waals surface area contributed by atoms with Crippen LogP contribution in [-0.2, 0) is 9.47 Å². The molecular formula is C6H11NO3. The average Bonchev–Trinajstić information content (AvgIpc) is 2.42. The lowest BCUT2D eigenvalue weighted by Gasteiger charge is -2.23. The van der Waals surface area contributed by atoms with Crippen LogP contribution in [0.4, 0.5) is 0 Å². The van der Waals surface area contributed by atoms with Gasteiger partial charge in [-0.05, 0) is 0 Å². The van der Waals surface area contributed by atoms with Crippen LogP contribution in [0.1, 0.15) is 0 Å². The van der Waals surface area contributed by atoms with Crippen LogP contribution >= 0.6 is 0 Å². The predicted octanol–water partition coefficient (Wildman–Crippen LogP) is -1.01. The third-order valence-corrected chi connectivity index (χ3v) is 2.20. The Morgan fingerprint density at radius 1 is 1.30 bits per heavy atom. The van der Waals surface area contributed by atoms with Crippen LogP contribution in [-0.4, -0.2) is 48.8 Å². The number of hydrogen-bond acceptors (Lipinski definition) is 4. The second-order valence-corrected chi connectivity index (χ2v) is 2.88. The van der Waals surface area contributed by atoms with Gasteiger partial charge in [-0.15, -0.1) is 0 Å². The van der Waals surface area contributed by atoms with Crippen LogP contribution < -0.4 is 0 Å². The monoisotopic (exact) mass is 145 g/mol. The lowest BCUT2D eigenvalue weighted by Crippen LogP contribution is -2.46. The van der Waals surface area contributed by atoms with E-state index < -0.39 is 0 Å². The van der Waals surface area contributed by atoms with Crippen molar-refractivity contribution in [3.63, 3.8) is 0 Å². The van der Waals surface area contributed by atoms with Gasteiger partial charge in [0.2, 0.25) is 0 Å². The predicted molar refractivity (Wildman–Crippen MR) is 33.3 cm³/mol. The average molecular weight is 145 g/mol. The largest absolute Gasteiger partial charge is 0.394 e. The summed E-state index contributed by atoms with van der Waals surface area (Å²) in [7, 11) is 0. The van der Waals surface area contributed by atoms with Gasteiger partial charge in [-0.1, -0.05) is 0 Å². The summed E-state index contributed by atoms with van der Waals surface area (Å²) in [5, 5.41) is 9.03. The molecule has 0 aromatic rings. The van der Waals surface area contributed by atoms with E-state index in [1.807, 2.05) is 4.90 Å². The normalized spacial score (nSPS) is 30.9. The molecule has 4 nitrogen and oxygen atoms in total.